The van der Waals surface area contributed by atoms with Gasteiger partial charge in [0.1, 0.15) is 0 Å². The van der Waals surface area contributed by atoms with Crippen molar-refractivity contribution in [2.24, 2.45) is 5.73 Å². The van der Waals surface area contributed by atoms with Crippen molar-refractivity contribution in [1.29, 1.82) is 0 Å². The topological polar surface area (TPSA) is 32.5 Å². The van der Waals surface area contributed by atoms with Gasteiger partial charge in [0.05, 0.1) is 0 Å². The molecule has 1 saturated heterocycles. The number of nitrogens with two attached hydrogens (primary N) is 1. The molecule has 0 spiro atoms. The van der Waals surface area contributed by atoms with E-state index in [0.717, 1.165) is 26.2 Å². The summed E-state index contributed by atoms with van der Waals surface area (Å²) in [4.78, 5) is 4.85. The van der Waals surface area contributed by atoms with E-state index in [2.05, 4.69) is 57.9 Å². The maximum atomic E-state index is 5.62. The zero-order valence-corrected chi connectivity index (χ0v) is 12.8. The Morgan fingerprint density at radius 2 is 2.28 bits per heavy atom. The minimum absolute atomic E-state index is 0.637. The zero-order valence-electron chi connectivity index (χ0n) is 11.2. The molecule has 2 N–H and O–H groups in total. The molecule has 1 fully saturated rings. The average molecular weight is 312 g/mol. The van der Waals surface area contributed by atoms with Gasteiger partial charge in [-0.05, 0) is 44.2 Å². The number of aryl methyl sites for hydroxylation is 1. The summed E-state index contributed by atoms with van der Waals surface area (Å²) in [7, 11) is 2.17. The molecule has 1 heterocycles. The van der Waals surface area contributed by atoms with Crippen LogP contribution in [-0.2, 0) is 0 Å². The first-order chi connectivity index (χ1) is 8.61. The number of rotatable bonds is 4. The van der Waals surface area contributed by atoms with E-state index in [1.165, 1.54) is 22.1 Å². The van der Waals surface area contributed by atoms with Crippen LogP contribution in [0.2, 0.25) is 0 Å². The van der Waals surface area contributed by atoms with Gasteiger partial charge in [-0.3, -0.25) is 0 Å². The Balaban J connectivity index is 2.01. The Morgan fingerprint density at radius 1 is 1.50 bits per heavy atom. The Morgan fingerprint density at radius 3 is 2.94 bits per heavy atom. The SMILES string of the molecule is Cc1cc(N2CCC(N(C)CCN)C2)ccc1Br. The minimum atomic E-state index is 0.637. The molecule has 1 atom stereocenters. The third-order valence-corrected chi connectivity index (χ3v) is 4.66. The summed E-state index contributed by atoms with van der Waals surface area (Å²) in [5.74, 6) is 0. The fourth-order valence-corrected chi connectivity index (χ4v) is 2.79. The highest BCUT2D eigenvalue weighted by atomic mass is 79.9. The summed E-state index contributed by atoms with van der Waals surface area (Å²) in [6, 6.07) is 7.23. The lowest BCUT2D eigenvalue weighted by molar-refractivity contribution is 0.266. The van der Waals surface area contributed by atoms with Crippen molar-refractivity contribution in [2.75, 3.05) is 38.1 Å². The molecule has 1 aromatic carbocycles. The van der Waals surface area contributed by atoms with E-state index in [1.54, 1.807) is 0 Å². The van der Waals surface area contributed by atoms with Gasteiger partial charge in [0.2, 0.25) is 0 Å². The highest BCUT2D eigenvalue weighted by molar-refractivity contribution is 9.10. The summed E-state index contributed by atoms with van der Waals surface area (Å²) in [6.07, 6.45) is 1.23. The number of nitrogens with zero attached hydrogens (tertiary/aromatic N) is 2. The van der Waals surface area contributed by atoms with Crippen LogP contribution in [0.4, 0.5) is 5.69 Å². The van der Waals surface area contributed by atoms with E-state index in [4.69, 9.17) is 5.73 Å². The third-order valence-electron chi connectivity index (χ3n) is 3.78. The van der Waals surface area contributed by atoms with E-state index in [9.17, 15) is 0 Å². The van der Waals surface area contributed by atoms with Crippen molar-refractivity contribution in [1.82, 2.24) is 4.90 Å². The standard InChI is InChI=1S/C14H22BrN3/c1-11-9-12(3-4-14(11)15)18-7-5-13(10-18)17(2)8-6-16/h3-4,9,13H,5-8,10,16H2,1-2H3. The molecule has 100 valence electrons. The fraction of sp³-hybridized carbons (Fsp3) is 0.571. The molecule has 0 radical (unpaired) electrons. The normalized spacial score (nSPS) is 19.8. The summed E-state index contributed by atoms with van der Waals surface area (Å²) < 4.78 is 1.18. The van der Waals surface area contributed by atoms with Crippen molar-refractivity contribution < 1.29 is 0 Å². The first-order valence-electron chi connectivity index (χ1n) is 6.53. The lowest BCUT2D eigenvalue weighted by atomic mass is 10.2. The molecule has 2 rings (SSSR count). The van der Waals surface area contributed by atoms with Gasteiger partial charge in [0.15, 0.2) is 0 Å². The van der Waals surface area contributed by atoms with E-state index < -0.39 is 0 Å². The van der Waals surface area contributed by atoms with Gasteiger partial charge in [-0.25, -0.2) is 0 Å². The molecule has 4 heteroatoms. The molecular weight excluding hydrogens is 290 g/mol. The van der Waals surface area contributed by atoms with Crippen molar-refractivity contribution in [3.05, 3.63) is 28.2 Å². The van der Waals surface area contributed by atoms with Crippen molar-refractivity contribution in [2.45, 2.75) is 19.4 Å². The molecule has 0 aromatic heterocycles. The molecule has 0 bridgehead atoms. The number of hydrogen-bond donors (Lipinski definition) is 1. The highest BCUT2D eigenvalue weighted by Gasteiger charge is 2.25. The van der Waals surface area contributed by atoms with Crippen LogP contribution >= 0.6 is 15.9 Å². The Hall–Kier alpha value is -0.580. The quantitative estimate of drug-likeness (QED) is 0.925. The van der Waals surface area contributed by atoms with Crippen molar-refractivity contribution >= 4 is 21.6 Å². The third kappa shape index (κ3) is 3.05. The lowest BCUT2D eigenvalue weighted by Gasteiger charge is -2.25. The first-order valence-corrected chi connectivity index (χ1v) is 7.32. The van der Waals surface area contributed by atoms with E-state index in [0.29, 0.717) is 6.04 Å². The van der Waals surface area contributed by atoms with Gasteiger partial charge >= 0.3 is 0 Å². The van der Waals surface area contributed by atoms with Crippen LogP contribution in [0.15, 0.2) is 22.7 Å². The van der Waals surface area contributed by atoms with Crippen molar-refractivity contribution in [3.63, 3.8) is 0 Å². The van der Waals surface area contributed by atoms with E-state index in [-0.39, 0.29) is 0 Å². The maximum absolute atomic E-state index is 5.62. The molecule has 0 saturated carbocycles. The molecule has 1 aromatic rings. The predicted molar refractivity (Wildman–Crippen MR) is 81.2 cm³/mol. The smallest absolute Gasteiger partial charge is 0.0370 e. The monoisotopic (exact) mass is 311 g/mol. The minimum Gasteiger partial charge on any atom is -0.370 e. The molecule has 1 aliphatic rings. The van der Waals surface area contributed by atoms with Gasteiger partial charge in [-0.15, -0.1) is 0 Å². The van der Waals surface area contributed by atoms with Gasteiger partial charge in [0.25, 0.3) is 0 Å². The number of hydrogen-bond acceptors (Lipinski definition) is 3. The van der Waals surface area contributed by atoms with E-state index in [1.807, 2.05) is 0 Å². The molecule has 3 nitrogen and oxygen atoms in total. The number of anilines is 1. The van der Waals surface area contributed by atoms with Crippen LogP contribution in [0.3, 0.4) is 0 Å². The second kappa shape index (κ2) is 6.04. The second-order valence-electron chi connectivity index (χ2n) is 5.09. The molecule has 0 amide bonds. The van der Waals surface area contributed by atoms with Crippen LogP contribution in [-0.4, -0.2) is 44.2 Å². The number of benzene rings is 1. The van der Waals surface area contributed by atoms with Crippen LogP contribution in [0.25, 0.3) is 0 Å². The highest BCUT2D eigenvalue weighted by Crippen LogP contribution is 2.26. The first kappa shape index (κ1) is 13.8. The van der Waals surface area contributed by atoms with E-state index >= 15 is 0 Å². The van der Waals surface area contributed by atoms with Gasteiger partial charge in [0, 0.05) is 42.4 Å². The summed E-state index contributed by atoms with van der Waals surface area (Å²) >= 11 is 3.55. The van der Waals surface area contributed by atoms with Gasteiger partial charge < -0.3 is 15.5 Å². The summed E-state index contributed by atoms with van der Waals surface area (Å²) in [5, 5.41) is 0. The van der Waals surface area contributed by atoms with Crippen LogP contribution < -0.4 is 10.6 Å². The van der Waals surface area contributed by atoms with Crippen molar-refractivity contribution in [3.8, 4) is 0 Å². The van der Waals surface area contributed by atoms with Crippen LogP contribution in [0.5, 0.6) is 0 Å². The number of halogens is 1. The number of likely N-dealkylation sites (N-methyl/N-ethyl adjacent to an activating group) is 1. The molecular formula is C14H22BrN3. The largest absolute Gasteiger partial charge is 0.370 e. The Kier molecular flexibility index (Phi) is 4.65. The van der Waals surface area contributed by atoms with Crippen LogP contribution in [0.1, 0.15) is 12.0 Å². The van der Waals surface area contributed by atoms with Gasteiger partial charge in [-0.1, -0.05) is 15.9 Å². The summed E-state index contributed by atoms with van der Waals surface area (Å²) in [6.45, 7) is 6.11. The zero-order chi connectivity index (χ0) is 13.1. The predicted octanol–water partition coefficient (Wildman–Crippen LogP) is 2.23. The molecule has 1 aliphatic heterocycles. The Labute approximate surface area is 118 Å². The van der Waals surface area contributed by atoms with Crippen LogP contribution in [0, 0.1) is 6.92 Å². The lowest BCUT2D eigenvalue weighted by Crippen LogP contribution is -2.37. The molecule has 18 heavy (non-hydrogen) atoms. The molecule has 0 aliphatic carbocycles. The van der Waals surface area contributed by atoms with Gasteiger partial charge in [-0.2, -0.15) is 0 Å². The Bertz CT molecular complexity index is 408. The second-order valence-corrected chi connectivity index (χ2v) is 5.95. The summed E-state index contributed by atoms with van der Waals surface area (Å²) in [5.41, 5.74) is 8.25. The average Bonchev–Trinajstić information content (AvgIpc) is 2.82. The fourth-order valence-electron chi connectivity index (χ4n) is 2.55. The maximum Gasteiger partial charge on any atom is 0.0370 e. The molecule has 1 unspecified atom stereocenters.